The fraction of sp³-hybridized carbons (Fsp3) is 0.846. The van der Waals surface area contributed by atoms with E-state index >= 15 is 0 Å². The maximum atomic E-state index is 13.1. The van der Waals surface area contributed by atoms with Gasteiger partial charge in [-0.05, 0) is 6.42 Å². The molecule has 1 amide bonds. The average Bonchev–Trinajstić information content (AvgIpc) is 2.40. The molecule has 0 saturated heterocycles. The molecule has 19 heavy (non-hydrogen) atoms. The van der Waals surface area contributed by atoms with Crippen molar-refractivity contribution in [3.05, 3.63) is 0 Å². The number of nitrogens with one attached hydrogen (secondary N) is 1. The Balaban J connectivity index is 4.03. The molecular formula is C13H22F3NO2. The van der Waals surface area contributed by atoms with Crippen molar-refractivity contribution < 1.29 is 22.9 Å². The lowest BCUT2D eigenvalue weighted by Crippen LogP contribution is -2.45. The van der Waals surface area contributed by atoms with Crippen LogP contribution in [-0.2, 0) is 9.59 Å². The molecule has 0 rings (SSSR count). The zero-order valence-corrected chi connectivity index (χ0v) is 11.5. The zero-order chi connectivity index (χ0) is 14.9. The van der Waals surface area contributed by atoms with E-state index in [1.54, 1.807) is 0 Å². The highest BCUT2D eigenvalue weighted by molar-refractivity contribution is 6.07. The van der Waals surface area contributed by atoms with Gasteiger partial charge in [-0.25, -0.2) is 0 Å². The minimum absolute atomic E-state index is 0.292. The minimum Gasteiger partial charge on any atom is -0.292 e. The average molecular weight is 281 g/mol. The Morgan fingerprint density at radius 1 is 1.11 bits per heavy atom. The third-order valence-corrected chi connectivity index (χ3v) is 3.12. The van der Waals surface area contributed by atoms with Crippen LogP contribution in [0.1, 0.15) is 58.8 Å². The number of ketones is 1. The highest BCUT2D eigenvalue weighted by Gasteiger charge is 2.48. The summed E-state index contributed by atoms with van der Waals surface area (Å²) in [5.41, 5.74) is 0.322. The number of hydrogen-bond acceptors (Lipinski definition) is 2. The van der Waals surface area contributed by atoms with Gasteiger partial charge >= 0.3 is 11.8 Å². The number of hydrogen-bond donors (Lipinski definition) is 1. The van der Waals surface area contributed by atoms with Crippen LogP contribution in [0.4, 0.5) is 13.3 Å². The van der Waals surface area contributed by atoms with Crippen LogP contribution in [0.15, 0.2) is 0 Å². The van der Waals surface area contributed by atoms with Crippen molar-refractivity contribution in [3.63, 3.8) is 0 Å². The van der Waals surface area contributed by atoms with Gasteiger partial charge in [0.15, 0.2) is 0 Å². The summed E-state index contributed by atoms with van der Waals surface area (Å²) in [4.78, 5) is 21.9. The first-order chi connectivity index (χ1) is 8.87. The number of rotatable bonds is 10. The number of unbranched alkanes of at least 4 members (excludes halogenated alkanes) is 5. The molecule has 1 N–H and O–H groups in total. The van der Waals surface area contributed by atoms with Crippen LogP contribution >= 0.6 is 0 Å². The molecule has 0 radical (unpaired) electrons. The van der Waals surface area contributed by atoms with E-state index in [1.807, 2.05) is 0 Å². The molecule has 6 heteroatoms. The molecule has 0 aliphatic heterocycles. The zero-order valence-electron chi connectivity index (χ0n) is 11.5. The van der Waals surface area contributed by atoms with Gasteiger partial charge in [-0.1, -0.05) is 52.4 Å². The van der Waals surface area contributed by atoms with Crippen LogP contribution in [0.2, 0.25) is 0 Å². The first-order valence-electron chi connectivity index (χ1n) is 6.71. The summed E-state index contributed by atoms with van der Waals surface area (Å²) >= 11 is 0. The van der Waals surface area contributed by atoms with Gasteiger partial charge in [0.2, 0.25) is 5.78 Å². The van der Waals surface area contributed by atoms with Crippen LogP contribution < -0.4 is 5.54 Å². The molecule has 0 heterocycles. The highest BCUT2D eigenvalue weighted by atomic mass is 19.3. The highest BCUT2D eigenvalue weighted by Crippen LogP contribution is 2.23. The lowest BCUT2D eigenvalue weighted by molar-refractivity contribution is -0.163. The molecule has 1 unspecified atom stereocenters. The molecule has 0 aliphatic rings. The fourth-order valence-electron chi connectivity index (χ4n) is 1.84. The van der Waals surface area contributed by atoms with Crippen molar-refractivity contribution in [1.29, 1.82) is 0 Å². The predicted octanol–water partition coefficient (Wildman–Crippen LogP) is 3.58. The van der Waals surface area contributed by atoms with Gasteiger partial charge in [-0.15, -0.1) is 4.48 Å². The molecule has 0 bridgehead atoms. The van der Waals surface area contributed by atoms with Crippen LogP contribution in [-0.4, -0.2) is 17.6 Å². The van der Waals surface area contributed by atoms with Gasteiger partial charge in [0, 0.05) is 5.92 Å². The molecule has 1 atom stereocenters. The SMILES string of the molecule is CCCCCCCCC(C)C(=O)C(F)(F)C(=O)NF. The van der Waals surface area contributed by atoms with Crippen molar-refractivity contribution in [3.8, 4) is 0 Å². The molecule has 3 nitrogen and oxygen atoms in total. The van der Waals surface area contributed by atoms with Crippen molar-refractivity contribution in [2.75, 3.05) is 0 Å². The van der Waals surface area contributed by atoms with E-state index in [1.165, 1.54) is 6.92 Å². The topological polar surface area (TPSA) is 46.2 Å². The summed E-state index contributed by atoms with van der Waals surface area (Å²) in [6, 6.07) is 0. The first-order valence-corrected chi connectivity index (χ1v) is 6.71. The first kappa shape index (κ1) is 17.9. The van der Waals surface area contributed by atoms with Crippen LogP contribution in [0.25, 0.3) is 0 Å². The normalized spacial score (nSPS) is 13.1. The molecule has 0 spiro atoms. The number of amides is 1. The molecule has 0 aromatic rings. The molecule has 0 aliphatic carbocycles. The molecule has 112 valence electrons. The third kappa shape index (κ3) is 6.07. The van der Waals surface area contributed by atoms with Gasteiger partial charge in [0.1, 0.15) is 0 Å². The van der Waals surface area contributed by atoms with Crippen molar-refractivity contribution in [2.45, 2.75) is 64.7 Å². The number of alkyl halides is 2. The van der Waals surface area contributed by atoms with E-state index in [2.05, 4.69) is 6.92 Å². The fourth-order valence-corrected chi connectivity index (χ4v) is 1.84. The Hall–Kier alpha value is -1.07. The molecule has 0 aromatic carbocycles. The smallest absolute Gasteiger partial charge is 0.292 e. The van der Waals surface area contributed by atoms with Crippen molar-refractivity contribution >= 4 is 11.7 Å². The Bertz CT molecular complexity index is 296. The largest absolute Gasteiger partial charge is 0.384 e. The second-order valence-corrected chi connectivity index (χ2v) is 4.82. The van der Waals surface area contributed by atoms with E-state index in [-0.39, 0.29) is 0 Å². The Morgan fingerprint density at radius 3 is 2.16 bits per heavy atom. The minimum atomic E-state index is -4.28. The standard InChI is InChI=1S/C13H22F3NO2/c1-3-4-5-6-7-8-9-10(2)11(18)13(14,15)12(19)17-16/h10H,3-9H2,1-2H3,(H,17,19). The third-order valence-electron chi connectivity index (χ3n) is 3.12. The molecular weight excluding hydrogens is 259 g/mol. The van der Waals surface area contributed by atoms with Gasteiger partial charge in [0.05, 0.1) is 0 Å². The Morgan fingerprint density at radius 2 is 1.63 bits per heavy atom. The summed E-state index contributed by atoms with van der Waals surface area (Å²) in [5, 5.41) is 0. The summed E-state index contributed by atoms with van der Waals surface area (Å²) in [6.45, 7) is 3.44. The van der Waals surface area contributed by atoms with E-state index in [9.17, 15) is 22.9 Å². The Kier molecular flexibility index (Phi) is 8.43. The lowest BCUT2D eigenvalue weighted by Gasteiger charge is -2.16. The maximum Gasteiger partial charge on any atom is 0.384 e. The summed E-state index contributed by atoms with van der Waals surface area (Å²) in [7, 11) is 0. The second-order valence-electron chi connectivity index (χ2n) is 4.82. The summed E-state index contributed by atoms with van der Waals surface area (Å²) in [5.74, 6) is -8.93. The van der Waals surface area contributed by atoms with Crippen LogP contribution in [0.3, 0.4) is 0 Å². The maximum absolute atomic E-state index is 13.1. The lowest BCUT2D eigenvalue weighted by atomic mass is 9.94. The number of carbonyl (C=O) groups excluding carboxylic acids is 2. The van der Waals surface area contributed by atoms with Crippen LogP contribution in [0, 0.1) is 5.92 Å². The summed E-state index contributed by atoms with van der Waals surface area (Å²) in [6.07, 6.45) is 6.20. The van der Waals surface area contributed by atoms with E-state index in [4.69, 9.17) is 0 Å². The summed E-state index contributed by atoms with van der Waals surface area (Å²) < 4.78 is 38.0. The quantitative estimate of drug-likeness (QED) is 0.378. The van der Waals surface area contributed by atoms with E-state index < -0.39 is 23.5 Å². The van der Waals surface area contributed by atoms with Crippen LogP contribution in [0.5, 0.6) is 0 Å². The number of carbonyl (C=O) groups is 2. The van der Waals surface area contributed by atoms with Gasteiger partial charge in [-0.2, -0.15) is 14.3 Å². The van der Waals surface area contributed by atoms with Crippen molar-refractivity contribution in [2.24, 2.45) is 5.92 Å². The van der Waals surface area contributed by atoms with E-state index in [0.29, 0.717) is 18.4 Å². The monoisotopic (exact) mass is 281 g/mol. The van der Waals surface area contributed by atoms with Gasteiger partial charge < -0.3 is 0 Å². The second kappa shape index (κ2) is 8.93. The molecule has 0 aromatic heterocycles. The molecule has 0 saturated carbocycles. The van der Waals surface area contributed by atoms with Gasteiger partial charge in [-0.3, -0.25) is 9.59 Å². The van der Waals surface area contributed by atoms with E-state index in [0.717, 1.165) is 32.1 Å². The van der Waals surface area contributed by atoms with Crippen molar-refractivity contribution in [1.82, 2.24) is 5.54 Å². The van der Waals surface area contributed by atoms with Gasteiger partial charge in [0.25, 0.3) is 0 Å². The predicted molar refractivity (Wildman–Crippen MR) is 66.4 cm³/mol. The number of Topliss-reactive ketones (excluding diaryl/α,β-unsaturated/α-hetero) is 1. The Labute approximate surface area is 111 Å². The molecule has 0 fully saturated rings. The number of halogens is 3.